The summed E-state index contributed by atoms with van der Waals surface area (Å²) in [5.41, 5.74) is 1.55. The Hall–Kier alpha value is -2.62. The van der Waals surface area contributed by atoms with E-state index in [4.69, 9.17) is 9.47 Å². The average Bonchev–Trinajstić information content (AvgIpc) is 2.60. The number of hydrogen-bond donors (Lipinski definition) is 0. The van der Waals surface area contributed by atoms with Gasteiger partial charge in [-0.15, -0.1) is 0 Å². The maximum atomic E-state index is 12.1. The fourth-order valence-electron chi connectivity index (χ4n) is 2.03. The highest BCUT2D eigenvalue weighted by molar-refractivity contribution is 5.91. The van der Waals surface area contributed by atoms with Crippen molar-refractivity contribution in [2.24, 2.45) is 0 Å². The summed E-state index contributed by atoms with van der Waals surface area (Å²) in [6, 6.07) is 15.8. The average molecular weight is 312 g/mol. The van der Waals surface area contributed by atoms with Crippen molar-refractivity contribution in [3.05, 3.63) is 71.3 Å². The third-order valence-electron chi connectivity index (χ3n) is 3.34. The lowest BCUT2D eigenvalue weighted by Gasteiger charge is -2.10. The Morgan fingerprint density at radius 3 is 2.30 bits per heavy atom. The van der Waals surface area contributed by atoms with Gasteiger partial charge in [-0.2, -0.15) is 0 Å². The van der Waals surface area contributed by atoms with Crippen molar-refractivity contribution in [1.29, 1.82) is 0 Å². The monoisotopic (exact) mass is 312 g/mol. The lowest BCUT2D eigenvalue weighted by atomic mass is 10.1. The van der Waals surface area contributed by atoms with Crippen LogP contribution in [0.5, 0.6) is 0 Å². The molecule has 0 heterocycles. The Labute approximate surface area is 136 Å². The van der Waals surface area contributed by atoms with Crippen molar-refractivity contribution in [2.75, 3.05) is 6.61 Å². The predicted octanol–water partition coefficient (Wildman–Crippen LogP) is 4.00. The smallest absolute Gasteiger partial charge is 0.338 e. The summed E-state index contributed by atoms with van der Waals surface area (Å²) in [6.07, 6.45) is 1.79. The number of ether oxygens (including phenoxy) is 2. The second kappa shape index (κ2) is 8.73. The molecule has 0 amide bonds. The molecule has 2 rings (SSSR count). The van der Waals surface area contributed by atoms with Crippen molar-refractivity contribution in [3.63, 3.8) is 0 Å². The van der Waals surface area contributed by atoms with Crippen LogP contribution in [0.15, 0.2) is 54.6 Å². The molecule has 0 saturated carbocycles. The van der Waals surface area contributed by atoms with E-state index in [1.165, 1.54) is 0 Å². The van der Waals surface area contributed by atoms with Crippen molar-refractivity contribution in [1.82, 2.24) is 0 Å². The topological polar surface area (TPSA) is 52.6 Å². The molecule has 120 valence electrons. The Morgan fingerprint density at radius 1 is 0.870 bits per heavy atom. The van der Waals surface area contributed by atoms with Crippen LogP contribution in [-0.2, 0) is 16.1 Å². The second-order valence-corrected chi connectivity index (χ2v) is 5.09. The van der Waals surface area contributed by atoms with Gasteiger partial charge in [0.1, 0.15) is 6.61 Å². The van der Waals surface area contributed by atoms with E-state index in [0.717, 1.165) is 12.8 Å². The van der Waals surface area contributed by atoms with Gasteiger partial charge in [0.25, 0.3) is 0 Å². The number of hydrogen-bond acceptors (Lipinski definition) is 4. The minimum Gasteiger partial charge on any atom is -0.462 e. The fraction of sp³-hybridized carbons (Fsp3) is 0.263. The number of carbonyl (C=O) groups is 2. The molecule has 4 heteroatoms. The zero-order valence-corrected chi connectivity index (χ0v) is 13.2. The summed E-state index contributed by atoms with van der Waals surface area (Å²) >= 11 is 0. The molecule has 0 spiro atoms. The van der Waals surface area contributed by atoms with E-state index in [1.54, 1.807) is 48.5 Å². The predicted molar refractivity (Wildman–Crippen MR) is 87.2 cm³/mol. The molecule has 0 saturated heterocycles. The van der Waals surface area contributed by atoms with Crippen LogP contribution in [0.3, 0.4) is 0 Å². The van der Waals surface area contributed by atoms with Crippen LogP contribution in [0.4, 0.5) is 0 Å². The first-order chi connectivity index (χ1) is 11.2. The van der Waals surface area contributed by atoms with E-state index in [0.29, 0.717) is 23.3 Å². The summed E-state index contributed by atoms with van der Waals surface area (Å²) in [5.74, 6) is -0.801. The summed E-state index contributed by atoms with van der Waals surface area (Å²) < 4.78 is 10.5. The van der Waals surface area contributed by atoms with E-state index in [9.17, 15) is 9.59 Å². The molecule has 0 aliphatic heterocycles. The van der Waals surface area contributed by atoms with Gasteiger partial charge < -0.3 is 9.47 Å². The zero-order chi connectivity index (χ0) is 16.5. The third-order valence-corrected chi connectivity index (χ3v) is 3.34. The van der Waals surface area contributed by atoms with Gasteiger partial charge in [0.15, 0.2) is 0 Å². The third kappa shape index (κ3) is 4.95. The molecule has 0 N–H and O–H groups in total. The normalized spacial score (nSPS) is 10.1. The number of rotatable bonds is 7. The molecule has 0 radical (unpaired) electrons. The van der Waals surface area contributed by atoms with Gasteiger partial charge in [-0.05, 0) is 24.6 Å². The Balaban J connectivity index is 2.00. The number of carbonyl (C=O) groups excluding carboxylic acids is 2. The fourth-order valence-corrected chi connectivity index (χ4v) is 2.03. The number of benzene rings is 2. The molecule has 0 aliphatic carbocycles. The first-order valence-electron chi connectivity index (χ1n) is 7.69. The molecule has 0 atom stereocenters. The van der Waals surface area contributed by atoms with Crippen LogP contribution in [0.25, 0.3) is 0 Å². The summed E-state index contributed by atoms with van der Waals surface area (Å²) in [7, 11) is 0. The maximum Gasteiger partial charge on any atom is 0.338 e. The molecule has 0 aliphatic rings. The summed E-state index contributed by atoms with van der Waals surface area (Å²) in [6.45, 7) is 2.46. The van der Waals surface area contributed by atoms with Crippen molar-refractivity contribution < 1.29 is 19.1 Å². The molecular weight excluding hydrogens is 292 g/mol. The van der Waals surface area contributed by atoms with Gasteiger partial charge in [0, 0.05) is 5.56 Å². The van der Waals surface area contributed by atoms with Crippen molar-refractivity contribution >= 4 is 11.9 Å². The van der Waals surface area contributed by atoms with Crippen LogP contribution in [-0.4, -0.2) is 18.5 Å². The van der Waals surface area contributed by atoms with Gasteiger partial charge in [0.2, 0.25) is 0 Å². The molecule has 4 nitrogen and oxygen atoms in total. The highest BCUT2D eigenvalue weighted by Gasteiger charge is 2.14. The number of esters is 2. The summed E-state index contributed by atoms with van der Waals surface area (Å²) in [5, 5.41) is 0. The molecule has 2 aromatic rings. The van der Waals surface area contributed by atoms with Crippen LogP contribution < -0.4 is 0 Å². The minimum atomic E-state index is -0.417. The van der Waals surface area contributed by atoms with Crippen molar-refractivity contribution in [3.8, 4) is 0 Å². The molecule has 23 heavy (non-hydrogen) atoms. The van der Waals surface area contributed by atoms with Crippen LogP contribution >= 0.6 is 0 Å². The van der Waals surface area contributed by atoms with E-state index in [2.05, 4.69) is 0 Å². The lowest BCUT2D eigenvalue weighted by molar-refractivity contribution is 0.0442. The van der Waals surface area contributed by atoms with Crippen LogP contribution in [0.1, 0.15) is 46.0 Å². The van der Waals surface area contributed by atoms with Gasteiger partial charge in [-0.3, -0.25) is 0 Å². The molecular formula is C19H20O4. The molecule has 0 unspecified atom stereocenters. The Morgan fingerprint density at radius 2 is 1.57 bits per heavy atom. The first-order valence-corrected chi connectivity index (χ1v) is 7.69. The molecule has 0 fully saturated rings. The van der Waals surface area contributed by atoms with E-state index < -0.39 is 5.97 Å². The quantitative estimate of drug-likeness (QED) is 0.573. The zero-order valence-electron chi connectivity index (χ0n) is 13.2. The number of unbranched alkanes of at least 4 members (excludes halogenated alkanes) is 1. The largest absolute Gasteiger partial charge is 0.462 e. The van der Waals surface area contributed by atoms with Gasteiger partial charge in [-0.1, -0.05) is 49.7 Å². The Bertz CT molecular complexity index is 649. The van der Waals surface area contributed by atoms with Gasteiger partial charge in [0.05, 0.1) is 17.7 Å². The highest BCUT2D eigenvalue weighted by atomic mass is 16.5. The summed E-state index contributed by atoms with van der Waals surface area (Å²) in [4.78, 5) is 24.1. The first kappa shape index (κ1) is 16.7. The van der Waals surface area contributed by atoms with Crippen LogP contribution in [0, 0.1) is 0 Å². The van der Waals surface area contributed by atoms with E-state index >= 15 is 0 Å². The minimum absolute atomic E-state index is 0.0345. The van der Waals surface area contributed by atoms with Gasteiger partial charge >= 0.3 is 11.9 Å². The van der Waals surface area contributed by atoms with E-state index in [1.807, 2.05) is 13.0 Å². The van der Waals surface area contributed by atoms with Crippen LogP contribution in [0.2, 0.25) is 0 Å². The molecule has 0 bridgehead atoms. The molecule has 2 aromatic carbocycles. The standard InChI is InChI=1S/C19H20O4/c1-2-3-13-22-19(21)17-12-8-7-11-16(17)14-23-18(20)15-9-5-4-6-10-15/h4-12H,2-3,13-14H2,1H3. The van der Waals surface area contributed by atoms with Gasteiger partial charge in [-0.25, -0.2) is 9.59 Å². The van der Waals surface area contributed by atoms with E-state index in [-0.39, 0.29) is 12.6 Å². The second-order valence-electron chi connectivity index (χ2n) is 5.09. The van der Waals surface area contributed by atoms with Crippen molar-refractivity contribution in [2.45, 2.75) is 26.4 Å². The maximum absolute atomic E-state index is 12.1. The SMILES string of the molecule is CCCCOC(=O)c1ccccc1COC(=O)c1ccccc1. The Kier molecular flexibility index (Phi) is 6.36. The lowest BCUT2D eigenvalue weighted by Crippen LogP contribution is -2.11. The highest BCUT2D eigenvalue weighted by Crippen LogP contribution is 2.13. The molecule has 0 aromatic heterocycles.